The molecule has 24 heavy (non-hydrogen) atoms. The Balaban J connectivity index is 1.80. The van der Waals surface area contributed by atoms with E-state index in [0.29, 0.717) is 22.8 Å². The predicted octanol–water partition coefficient (Wildman–Crippen LogP) is 3.42. The van der Waals surface area contributed by atoms with Crippen molar-refractivity contribution in [2.24, 2.45) is 0 Å². The first-order valence-electron chi connectivity index (χ1n) is 7.68. The minimum absolute atomic E-state index is 0.00128. The Morgan fingerprint density at radius 1 is 1.08 bits per heavy atom. The Morgan fingerprint density at radius 2 is 1.92 bits per heavy atom. The van der Waals surface area contributed by atoms with Gasteiger partial charge in [-0.1, -0.05) is 32.9 Å². The number of pyridine rings is 2. The van der Waals surface area contributed by atoms with Gasteiger partial charge in [-0.15, -0.1) is 0 Å². The Labute approximate surface area is 140 Å². The van der Waals surface area contributed by atoms with Gasteiger partial charge in [-0.05, 0) is 29.2 Å². The molecular weight excluding hydrogens is 302 g/mol. The van der Waals surface area contributed by atoms with Crippen molar-refractivity contribution in [2.75, 3.05) is 5.32 Å². The number of amides is 1. The standard InChI is InChI=1S/C18H19N5O/c1-18(2,3)12-7-8-14(20-10-12)17(24)22-15-11-21-23-16(15)13-6-4-5-9-19-13/h4-11H,1-3H3,(H,21,23)(H,22,24). The normalized spacial score (nSPS) is 11.3. The van der Waals surface area contributed by atoms with Crippen LogP contribution in [0.4, 0.5) is 5.69 Å². The molecular formula is C18H19N5O. The minimum atomic E-state index is -0.283. The minimum Gasteiger partial charge on any atom is -0.317 e. The number of anilines is 1. The van der Waals surface area contributed by atoms with E-state index in [1.165, 1.54) is 0 Å². The monoisotopic (exact) mass is 321 g/mol. The highest BCUT2D eigenvalue weighted by molar-refractivity contribution is 6.04. The van der Waals surface area contributed by atoms with E-state index >= 15 is 0 Å². The molecule has 3 heterocycles. The van der Waals surface area contributed by atoms with Gasteiger partial charge in [0.1, 0.15) is 11.4 Å². The third kappa shape index (κ3) is 3.32. The molecule has 0 bridgehead atoms. The number of carbonyl (C=O) groups excluding carboxylic acids is 1. The molecule has 0 fully saturated rings. The van der Waals surface area contributed by atoms with Crippen LogP contribution >= 0.6 is 0 Å². The first-order valence-corrected chi connectivity index (χ1v) is 7.68. The van der Waals surface area contributed by atoms with Crippen LogP contribution in [-0.2, 0) is 5.41 Å². The first kappa shape index (κ1) is 15.9. The highest BCUT2D eigenvalue weighted by Gasteiger charge is 2.17. The van der Waals surface area contributed by atoms with E-state index in [0.717, 1.165) is 5.56 Å². The highest BCUT2D eigenvalue weighted by atomic mass is 16.1. The van der Waals surface area contributed by atoms with Crippen molar-refractivity contribution in [3.8, 4) is 11.4 Å². The largest absolute Gasteiger partial charge is 0.317 e. The van der Waals surface area contributed by atoms with Crippen molar-refractivity contribution in [3.05, 3.63) is 60.2 Å². The molecule has 1 amide bonds. The molecule has 0 aliphatic carbocycles. The maximum atomic E-state index is 12.4. The second-order valence-electron chi connectivity index (χ2n) is 6.51. The van der Waals surface area contributed by atoms with Gasteiger partial charge in [0, 0.05) is 12.4 Å². The molecule has 0 saturated carbocycles. The first-order chi connectivity index (χ1) is 11.4. The summed E-state index contributed by atoms with van der Waals surface area (Å²) in [6.07, 6.45) is 4.99. The molecule has 122 valence electrons. The third-order valence-corrected chi connectivity index (χ3v) is 3.67. The number of rotatable bonds is 3. The summed E-state index contributed by atoms with van der Waals surface area (Å²) in [6, 6.07) is 9.22. The summed E-state index contributed by atoms with van der Waals surface area (Å²) in [7, 11) is 0. The zero-order valence-corrected chi connectivity index (χ0v) is 13.9. The van der Waals surface area contributed by atoms with E-state index < -0.39 is 0 Å². The van der Waals surface area contributed by atoms with Crippen LogP contribution in [0.3, 0.4) is 0 Å². The average Bonchev–Trinajstić information content (AvgIpc) is 3.03. The zero-order chi connectivity index (χ0) is 17.2. The van der Waals surface area contributed by atoms with Crippen LogP contribution in [0.1, 0.15) is 36.8 Å². The van der Waals surface area contributed by atoms with Crippen molar-refractivity contribution in [1.29, 1.82) is 0 Å². The summed E-state index contributed by atoms with van der Waals surface area (Å²) in [5, 5.41) is 9.68. The molecule has 3 aromatic heterocycles. The Bertz CT molecular complexity index is 832. The number of carbonyl (C=O) groups is 1. The van der Waals surface area contributed by atoms with Crippen LogP contribution in [0.15, 0.2) is 48.9 Å². The van der Waals surface area contributed by atoms with E-state index in [9.17, 15) is 4.79 Å². The van der Waals surface area contributed by atoms with Crippen LogP contribution < -0.4 is 5.32 Å². The number of hydrogen-bond acceptors (Lipinski definition) is 4. The number of aromatic amines is 1. The number of nitrogens with zero attached hydrogens (tertiary/aromatic N) is 3. The molecule has 3 aromatic rings. The molecule has 0 atom stereocenters. The fourth-order valence-electron chi connectivity index (χ4n) is 2.24. The summed E-state index contributed by atoms with van der Waals surface area (Å²) in [4.78, 5) is 21.0. The second-order valence-corrected chi connectivity index (χ2v) is 6.51. The number of nitrogens with one attached hydrogen (secondary N) is 2. The summed E-state index contributed by atoms with van der Waals surface area (Å²) in [6.45, 7) is 6.32. The maximum absolute atomic E-state index is 12.4. The molecule has 0 spiro atoms. The highest BCUT2D eigenvalue weighted by Crippen LogP contribution is 2.24. The topological polar surface area (TPSA) is 83.6 Å². The van der Waals surface area contributed by atoms with Crippen LogP contribution in [0, 0.1) is 0 Å². The van der Waals surface area contributed by atoms with Crippen LogP contribution in [0.5, 0.6) is 0 Å². The van der Waals surface area contributed by atoms with Crippen molar-refractivity contribution in [2.45, 2.75) is 26.2 Å². The number of aromatic nitrogens is 4. The molecule has 0 unspecified atom stereocenters. The quantitative estimate of drug-likeness (QED) is 0.774. The van der Waals surface area contributed by atoms with Gasteiger partial charge < -0.3 is 5.32 Å². The molecule has 3 rings (SSSR count). The second kappa shape index (κ2) is 6.23. The van der Waals surface area contributed by atoms with E-state index in [1.807, 2.05) is 24.3 Å². The van der Waals surface area contributed by atoms with Crippen molar-refractivity contribution in [3.63, 3.8) is 0 Å². The molecule has 0 saturated heterocycles. The van der Waals surface area contributed by atoms with Gasteiger partial charge in [-0.25, -0.2) is 0 Å². The van der Waals surface area contributed by atoms with Crippen LogP contribution in [-0.4, -0.2) is 26.1 Å². The molecule has 6 heteroatoms. The third-order valence-electron chi connectivity index (χ3n) is 3.67. The Morgan fingerprint density at radius 3 is 2.54 bits per heavy atom. The predicted molar refractivity (Wildman–Crippen MR) is 92.7 cm³/mol. The summed E-state index contributed by atoms with van der Waals surface area (Å²) < 4.78 is 0. The lowest BCUT2D eigenvalue weighted by Crippen LogP contribution is -2.16. The van der Waals surface area contributed by atoms with Gasteiger partial charge in [0.25, 0.3) is 5.91 Å². The van der Waals surface area contributed by atoms with Crippen LogP contribution in [0.25, 0.3) is 11.4 Å². The maximum Gasteiger partial charge on any atom is 0.274 e. The van der Waals surface area contributed by atoms with E-state index in [1.54, 1.807) is 24.7 Å². The molecule has 0 aromatic carbocycles. The van der Waals surface area contributed by atoms with Crippen LogP contribution in [0.2, 0.25) is 0 Å². The SMILES string of the molecule is CC(C)(C)c1ccc(C(=O)Nc2cn[nH]c2-c2ccccn2)nc1. The van der Waals surface area contributed by atoms with Crippen molar-refractivity contribution >= 4 is 11.6 Å². The van der Waals surface area contributed by atoms with Crippen molar-refractivity contribution < 1.29 is 4.79 Å². The van der Waals surface area contributed by atoms with Crippen molar-refractivity contribution in [1.82, 2.24) is 20.2 Å². The van der Waals surface area contributed by atoms with E-state index in [2.05, 4.69) is 46.3 Å². The lowest BCUT2D eigenvalue weighted by Gasteiger charge is -2.18. The van der Waals surface area contributed by atoms with Gasteiger partial charge in [0.05, 0.1) is 17.6 Å². The molecule has 0 aliphatic heterocycles. The fourth-order valence-corrected chi connectivity index (χ4v) is 2.24. The lowest BCUT2D eigenvalue weighted by molar-refractivity contribution is 0.102. The van der Waals surface area contributed by atoms with E-state index in [-0.39, 0.29) is 11.3 Å². The van der Waals surface area contributed by atoms with Gasteiger partial charge >= 0.3 is 0 Å². The average molecular weight is 321 g/mol. The van der Waals surface area contributed by atoms with Gasteiger partial charge in [0.2, 0.25) is 0 Å². The lowest BCUT2D eigenvalue weighted by atomic mass is 9.88. The summed E-state index contributed by atoms with van der Waals surface area (Å²) in [5.41, 5.74) is 3.38. The molecule has 6 nitrogen and oxygen atoms in total. The summed E-state index contributed by atoms with van der Waals surface area (Å²) in [5.74, 6) is -0.283. The van der Waals surface area contributed by atoms with E-state index in [4.69, 9.17) is 0 Å². The zero-order valence-electron chi connectivity index (χ0n) is 13.9. The Kier molecular flexibility index (Phi) is 4.12. The Hall–Kier alpha value is -3.02. The summed E-state index contributed by atoms with van der Waals surface area (Å²) >= 11 is 0. The number of H-pyrrole nitrogens is 1. The fraction of sp³-hybridized carbons (Fsp3) is 0.222. The molecule has 0 radical (unpaired) electrons. The smallest absolute Gasteiger partial charge is 0.274 e. The molecule has 0 aliphatic rings. The van der Waals surface area contributed by atoms with Gasteiger partial charge in [0.15, 0.2) is 0 Å². The number of hydrogen-bond donors (Lipinski definition) is 2. The van der Waals surface area contributed by atoms with Gasteiger partial charge in [-0.3, -0.25) is 19.9 Å². The molecule has 2 N–H and O–H groups in total. The van der Waals surface area contributed by atoms with Gasteiger partial charge in [-0.2, -0.15) is 5.10 Å².